The largest absolute Gasteiger partial charge is 0.380 e. The second-order valence-corrected chi connectivity index (χ2v) is 4.41. The quantitative estimate of drug-likeness (QED) is 0.758. The van der Waals surface area contributed by atoms with E-state index in [9.17, 15) is 0 Å². The lowest BCUT2D eigenvalue weighted by atomic mass is 10.2. The summed E-state index contributed by atoms with van der Waals surface area (Å²) < 4.78 is 2.06. The van der Waals surface area contributed by atoms with E-state index in [2.05, 4.69) is 45.5 Å². The smallest absolute Gasteiger partial charge is 0.0722 e. The maximum absolute atomic E-state index is 4.36. The number of rotatable bonds is 3. The summed E-state index contributed by atoms with van der Waals surface area (Å²) in [6, 6.07) is 12.3. The summed E-state index contributed by atoms with van der Waals surface area (Å²) in [6.07, 6.45) is 6.00. The topological polar surface area (TPSA) is 29.9 Å². The van der Waals surface area contributed by atoms with Gasteiger partial charge in [0.05, 0.1) is 5.52 Å². The number of hydrogen-bond donors (Lipinski definition) is 1. The minimum Gasteiger partial charge on any atom is -0.380 e. The van der Waals surface area contributed by atoms with Crippen molar-refractivity contribution >= 4 is 16.6 Å². The van der Waals surface area contributed by atoms with Gasteiger partial charge >= 0.3 is 0 Å². The standard InChI is InChI=1S/C15H15N3/c1-18-9-7-12(11-18)10-17-15-6-2-5-14-13(15)4-3-8-16-14/h2-9,11,17H,10H2,1H3. The third kappa shape index (κ3) is 2.07. The van der Waals surface area contributed by atoms with E-state index in [0.717, 1.165) is 23.1 Å². The molecule has 2 aromatic heterocycles. The van der Waals surface area contributed by atoms with E-state index in [1.54, 1.807) is 0 Å². The molecule has 0 saturated carbocycles. The fourth-order valence-electron chi connectivity index (χ4n) is 2.12. The minimum atomic E-state index is 0.828. The molecule has 3 nitrogen and oxygen atoms in total. The molecule has 3 heteroatoms. The first kappa shape index (κ1) is 10.8. The number of fused-ring (bicyclic) bond motifs is 1. The monoisotopic (exact) mass is 237 g/mol. The zero-order valence-corrected chi connectivity index (χ0v) is 10.3. The van der Waals surface area contributed by atoms with Gasteiger partial charge in [0.2, 0.25) is 0 Å². The van der Waals surface area contributed by atoms with Crippen molar-refractivity contribution in [3.63, 3.8) is 0 Å². The zero-order valence-electron chi connectivity index (χ0n) is 10.3. The first-order valence-electron chi connectivity index (χ1n) is 6.01. The second kappa shape index (κ2) is 4.53. The minimum absolute atomic E-state index is 0.828. The Morgan fingerprint density at radius 1 is 1.17 bits per heavy atom. The Morgan fingerprint density at radius 3 is 2.94 bits per heavy atom. The van der Waals surface area contributed by atoms with Crippen LogP contribution >= 0.6 is 0 Å². The number of aryl methyl sites for hydroxylation is 1. The Hall–Kier alpha value is -2.29. The van der Waals surface area contributed by atoms with Gasteiger partial charge in [-0.15, -0.1) is 0 Å². The summed E-state index contributed by atoms with van der Waals surface area (Å²) in [5.41, 5.74) is 3.43. The molecule has 0 aliphatic carbocycles. The lowest BCUT2D eigenvalue weighted by Gasteiger charge is -2.08. The third-order valence-corrected chi connectivity index (χ3v) is 3.02. The normalized spacial score (nSPS) is 10.7. The van der Waals surface area contributed by atoms with Gasteiger partial charge in [-0.2, -0.15) is 0 Å². The molecule has 0 bridgehead atoms. The molecule has 0 radical (unpaired) electrons. The van der Waals surface area contributed by atoms with Gasteiger partial charge in [0, 0.05) is 43.3 Å². The van der Waals surface area contributed by atoms with Crippen molar-refractivity contribution in [2.24, 2.45) is 7.05 Å². The van der Waals surface area contributed by atoms with Crippen LogP contribution in [0.4, 0.5) is 5.69 Å². The van der Waals surface area contributed by atoms with Crippen molar-refractivity contribution < 1.29 is 0 Å². The van der Waals surface area contributed by atoms with Gasteiger partial charge < -0.3 is 9.88 Å². The van der Waals surface area contributed by atoms with Crippen LogP contribution in [-0.4, -0.2) is 9.55 Å². The van der Waals surface area contributed by atoms with Crippen molar-refractivity contribution in [2.45, 2.75) is 6.54 Å². The van der Waals surface area contributed by atoms with Gasteiger partial charge in [-0.05, 0) is 35.9 Å². The number of pyridine rings is 1. The summed E-state index contributed by atoms with van der Waals surface area (Å²) in [5, 5.41) is 4.63. The third-order valence-electron chi connectivity index (χ3n) is 3.02. The van der Waals surface area contributed by atoms with E-state index in [1.807, 2.05) is 31.4 Å². The highest BCUT2D eigenvalue weighted by Crippen LogP contribution is 2.21. The molecule has 3 rings (SSSR count). The highest BCUT2D eigenvalue weighted by Gasteiger charge is 2.01. The summed E-state index contributed by atoms with van der Waals surface area (Å²) in [7, 11) is 2.03. The molecule has 0 atom stereocenters. The molecule has 0 saturated heterocycles. The molecule has 1 aromatic carbocycles. The van der Waals surface area contributed by atoms with Crippen LogP contribution in [0.25, 0.3) is 10.9 Å². The van der Waals surface area contributed by atoms with E-state index < -0.39 is 0 Å². The molecule has 0 spiro atoms. The highest BCUT2D eigenvalue weighted by atomic mass is 14.9. The van der Waals surface area contributed by atoms with E-state index in [1.165, 1.54) is 5.56 Å². The molecule has 0 aliphatic heterocycles. The van der Waals surface area contributed by atoms with Gasteiger partial charge in [-0.1, -0.05) is 6.07 Å². The first-order chi connectivity index (χ1) is 8.83. The maximum atomic E-state index is 4.36. The number of nitrogens with one attached hydrogen (secondary N) is 1. The van der Waals surface area contributed by atoms with Crippen molar-refractivity contribution in [3.05, 3.63) is 60.6 Å². The number of nitrogens with zero attached hydrogens (tertiary/aromatic N) is 2. The Morgan fingerprint density at radius 2 is 2.11 bits per heavy atom. The fraction of sp³-hybridized carbons (Fsp3) is 0.133. The van der Waals surface area contributed by atoms with Crippen LogP contribution in [-0.2, 0) is 13.6 Å². The van der Waals surface area contributed by atoms with Crippen molar-refractivity contribution in [2.75, 3.05) is 5.32 Å². The van der Waals surface area contributed by atoms with E-state index in [-0.39, 0.29) is 0 Å². The molecule has 0 amide bonds. The van der Waals surface area contributed by atoms with Crippen LogP contribution in [0.3, 0.4) is 0 Å². The molecule has 18 heavy (non-hydrogen) atoms. The maximum Gasteiger partial charge on any atom is 0.0722 e. The van der Waals surface area contributed by atoms with Crippen LogP contribution < -0.4 is 5.32 Å². The molecule has 1 N–H and O–H groups in total. The second-order valence-electron chi connectivity index (χ2n) is 4.41. The van der Waals surface area contributed by atoms with Crippen LogP contribution in [0.2, 0.25) is 0 Å². The van der Waals surface area contributed by atoms with Gasteiger partial charge in [-0.3, -0.25) is 4.98 Å². The predicted octanol–water partition coefficient (Wildman–Crippen LogP) is 3.19. The summed E-state index contributed by atoms with van der Waals surface area (Å²) in [6.45, 7) is 0.828. The fourth-order valence-corrected chi connectivity index (χ4v) is 2.12. The Bertz CT molecular complexity index is 665. The van der Waals surface area contributed by atoms with Crippen LogP contribution in [0.15, 0.2) is 55.0 Å². The van der Waals surface area contributed by atoms with Crippen LogP contribution in [0.1, 0.15) is 5.56 Å². The summed E-state index contributed by atoms with van der Waals surface area (Å²) in [5.74, 6) is 0. The molecule has 0 aliphatic rings. The molecule has 0 fully saturated rings. The first-order valence-corrected chi connectivity index (χ1v) is 6.01. The van der Waals surface area contributed by atoms with Crippen molar-refractivity contribution in [1.82, 2.24) is 9.55 Å². The predicted molar refractivity (Wildman–Crippen MR) is 74.5 cm³/mol. The van der Waals surface area contributed by atoms with Crippen LogP contribution in [0.5, 0.6) is 0 Å². The summed E-state index contributed by atoms with van der Waals surface area (Å²) >= 11 is 0. The van der Waals surface area contributed by atoms with Gasteiger partial charge in [0.25, 0.3) is 0 Å². The average molecular weight is 237 g/mol. The van der Waals surface area contributed by atoms with Gasteiger partial charge in [0.15, 0.2) is 0 Å². The molecular weight excluding hydrogens is 222 g/mol. The zero-order chi connectivity index (χ0) is 12.4. The SMILES string of the molecule is Cn1ccc(CNc2cccc3ncccc23)c1. The molecule has 3 aromatic rings. The number of anilines is 1. The van der Waals surface area contributed by atoms with E-state index in [4.69, 9.17) is 0 Å². The van der Waals surface area contributed by atoms with Gasteiger partial charge in [-0.25, -0.2) is 0 Å². The number of benzene rings is 1. The molecule has 90 valence electrons. The number of hydrogen-bond acceptors (Lipinski definition) is 2. The number of aromatic nitrogens is 2. The van der Waals surface area contributed by atoms with Crippen molar-refractivity contribution in [1.29, 1.82) is 0 Å². The Balaban J connectivity index is 1.86. The molecule has 0 unspecified atom stereocenters. The Kier molecular flexibility index (Phi) is 2.73. The lowest BCUT2D eigenvalue weighted by molar-refractivity contribution is 0.920. The van der Waals surface area contributed by atoms with Crippen molar-refractivity contribution in [3.8, 4) is 0 Å². The average Bonchev–Trinajstić information content (AvgIpc) is 2.82. The molecular formula is C15H15N3. The molecule has 2 heterocycles. The van der Waals surface area contributed by atoms with E-state index in [0.29, 0.717) is 0 Å². The van der Waals surface area contributed by atoms with Crippen LogP contribution in [0, 0.1) is 0 Å². The van der Waals surface area contributed by atoms with E-state index >= 15 is 0 Å². The summed E-state index contributed by atoms with van der Waals surface area (Å²) in [4.78, 5) is 4.36. The lowest BCUT2D eigenvalue weighted by Crippen LogP contribution is -1.99. The Labute approximate surface area is 106 Å². The highest BCUT2D eigenvalue weighted by molar-refractivity contribution is 5.91. The van der Waals surface area contributed by atoms with Gasteiger partial charge in [0.1, 0.15) is 0 Å².